The summed E-state index contributed by atoms with van der Waals surface area (Å²) < 4.78 is 4.72. The minimum absolute atomic E-state index is 0.372. The van der Waals surface area contributed by atoms with Crippen LogP contribution in [0.25, 0.3) is 0 Å². The second-order valence-electron chi connectivity index (χ2n) is 3.84. The van der Waals surface area contributed by atoms with Gasteiger partial charge in [0.15, 0.2) is 6.61 Å². The van der Waals surface area contributed by atoms with E-state index in [0.29, 0.717) is 5.56 Å². The van der Waals surface area contributed by atoms with Gasteiger partial charge in [0.25, 0.3) is 5.91 Å². The van der Waals surface area contributed by atoms with E-state index in [1.807, 2.05) is 18.2 Å². The average molecular weight is 288 g/mol. The number of primary amides is 1. The highest BCUT2D eigenvalue weighted by molar-refractivity contribution is 7.99. The van der Waals surface area contributed by atoms with Crippen LogP contribution in [0.3, 0.4) is 0 Å². The molecule has 0 aliphatic carbocycles. The molecule has 5 nitrogen and oxygen atoms in total. The highest BCUT2D eigenvalue weighted by Crippen LogP contribution is 2.25. The van der Waals surface area contributed by atoms with Gasteiger partial charge in [-0.1, -0.05) is 17.8 Å². The van der Waals surface area contributed by atoms with Crippen LogP contribution in [0.2, 0.25) is 0 Å². The van der Waals surface area contributed by atoms with Crippen LogP contribution in [0, 0.1) is 0 Å². The molecule has 0 spiro atoms. The van der Waals surface area contributed by atoms with Crippen molar-refractivity contribution in [1.29, 1.82) is 0 Å². The number of carbonyl (C=O) groups is 2. The van der Waals surface area contributed by atoms with Gasteiger partial charge in [-0.2, -0.15) is 0 Å². The molecule has 0 fully saturated rings. The van der Waals surface area contributed by atoms with Gasteiger partial charge < -0.3 is 10.5 Å². The molecule has 1 heterocycles. The molecule has 2 N–H and O–H groups in total. The van der Waals surface area contributed by atoms with Crippen LogP contribution in [-0.2, 0) is 9.53 Å². The fourth-order valence-electron chi connectivity index (χ4n) is 1.41. The van der Waals surface area contributed by atoms with E-state index in [4.69, 9.17) is 10.5 Å². The maximum absolute atomic E-state index is 11.6. The molecule has 1 aromatic heterocycles. The molecule has 0 saturated heterocycles. The number of pyridine rings is 1. The average Bonchev–Trinajstić information content (AvgIpc) is 2.46. The summed E-state index contributed by atoms with van der Waals surface area (Å²) in [4.78, 5) is 27.3. The number of nitrogens with two attached hydrogens (primary N) is 1. The lowest BCUT2D eigenvalue weighted by Crippen LogP contribution is -2.20. The molecule has 2 aromatic rings. The highest BCUT2D eigenvalue weighted by Gasteiger charge is 2.08. The Balaban J connectivity index is 1.99. The Morgan fingerprint density at radius 2 is 1.90 bits per heavy atom. The predicted octanol–water partition coefficient (Wildman–Crippen LogP) is 1.87. The Morgan fingerprint density at radius 3 is 2.50 bits per heavy atom. The molecule has 0 saturated carbocycles. The van der Waals surface area contributed by atoms with Gasteiger partial charge in [-0.3, -0.25) is 4.79 Å². The Hall–Kier alpha value is -2.34. The van der Waals surface area contributed by atoms with Crippen LogP contribution in [0.15, 0.2) is 58.6 Å². The number of amides is 1. The van der Waals surface area contributed by atoms with E-state index in [1.54, 1.807) is 30.5 Å². The minimum atomic E-state index is -0.680. The van der Waals surface area contributed by atoms with Crippen molar-refractivity contribution < 1.29 is 14.3 Å². The lowest BCUT2D eigenvalue weighted by atomic mass is 10.2. The zero-order valence-electron chi connectivity index (χ0n) is 10.5. The lowest BCUT2D eigenvalue weighted by Gasteiger charge is -2.04. The summed E-state index contributed by atoms with van der Waals surface area (Å²) >= 11 is 1.49. The molecule has 20 heavy (non-hydrogen) atoms. The zero-order valence-corrected chi connectivity index (χ0v) is 11.3. The highest BCUT2D eigenvalue weighted by atomic mass is 32.2. The van der Waals surface area contributed by atoms with E-state index in [0.717, 1.165) is 9.92 Å². The number of hydrogen-bond acceptors (Lipinski definition) is 5. The molecule has 0 atom stereocenters. The first-order chi connectivity index (χ1) is 9.65. The quantitative estimate of drug-likeness (QED) is 0.849. The SMILES string of the molecule is NC(=O)COC(=O)c1ccc(Sc2ccccn2)cc1. The maximum atomic E-state index is 11.6. The van der Waals surface area contributed by atoms with E-state index in [9.17, 15) is 9.59 Å². The van der Waals surface area contributed by atoms with Crippen molar-refractivity contribution >= 4 is 23.6 Å². The van der Waals surface area contributed by atoms with E-state index < -0.39 is 18.5 Å². The number of carbonyl (C=O) groups excluding carboxylic acids is 2. The normalized spacial score (nSPS) is 10.0. The van der Waals surface area contributed by atoms with Gasteiger partial charge in [-0.25, -0.2) is 9.78 Å². The van der Waals surface area contributed by atoms with E-state index in [1.165, 1.54) is 11.8 Å². The summed E-state index contributed by atoms with van der Waals surface area (Å²) in [7, 11) is 0. The number of benzene rings is 1. The fraction of sp³-hybridized carbons (Fsp3) is 0.0714. The van der Waals surface area contributed by atoms with Gasteiger partial charge in [0.2, 0.25) is 0 Å². The third kappa shape index (κ3) is 4.10. The van der Waals surface area contributed by atoms with E-state index >= 15 is 0 Å². The van der Waals surface area contributed by atoms with Crippen molar-refractivity contribution in [3.8, 4) is 0 Å². The number of ether oxygens (including phenoxy) is 1. The van der Waals surface area contributed by atoms with Gasteiger partial charge in [0, 0.05) is 11.1 Å². The van der Waals surface area contributed by atoms with E-state index in [2.05, 4.69) is 4.98 Å². The molecular formula is C14H12N2O3S. The fourth-order valence-corrected chi connectivity index (χ4v) is 2.18. The van der Waals surface area contributed by atoms with Crippen LogP contribution in [-0.4, -0.2) is 23.5 Å². The molecular weight excluding hydrogens is 276 g/mol. The number of esters is 1. The Labute approximate surface area is 120 Å². The number of aromatic nitrogens is 1. The third-order valence-corrected chi connectivity index (χ3v) is 3.25. The Morgan fingerprint density at radius 1 is 1.15 bits per heavy atom. The summed E-state index contributed by atoms with van der Waals surface area (Å²) in [6.45, 7) is -0.413. The molecule has 0 aliphatic rings. The number of rotatable bonds is 5. The second-order valence-corrected chi connectivity index (χ2v) is 4.93. The second kappa shape index (κ2) is 6.72. The maximum Gasteiger partial charge on any atom is 0.338 e. The monoisotopic (exact) mass is 288 g/mol. The smallest absolute Gasteiger partial charge is 0.338 e. The van der Waals surface area contributed by atoms with Crippen LogP contribution in [0.4, 0.5) is 0 Å². The van der Waals surface area contributed by atoms with Crippen molar-refractivity contribution in [2.45, 2.75) is 9.92 Å². The number of hydrogen-bond donors (Lipinski definition) is 1. The van der Waals surface area contributed by atoms with Gasteiger partial charge in [-0.05, 0) is 36.4 Å². The summed E-state index contributed by atoms with van der Waals surface area (Å²) in [5.41, 5.74) is 5.27. The molecule has 0 aliphatic heterocycles. The third-order valence-electron chi connectivity index (χ3n) is 2.30. The van der Waals surface area contributed by atoms with Crippen molar-refractivity contribution in [2.24, 2.45) is 5.73 Å². The predicted molar refractivity (Wildman–Crippen MR) is 74.3 cm³/mol. The van der Waals surface area contributed by atoms with E-state index in [-0.39, 0.29) is 0 Å². The Bertz CT molecular complexity index is 600. The molecule has 0 unspecified atom stereocenters. The summed E-state index contributed by atoms with van der Waals surface area (Å²) in [5.74, 6) is -1.25. The zero-order chi connectivity index (χ0) is 14.4. The minimum Gasteiger partial charge on any atom is -0.452 e. The molecule has 1 amide bonds. The van der Waals surface area contributed by atoms with Gasteiger partial charge >= 0.3 is 5.97 Å². The molecule has 0 radical (unpaired) electrons. The van der Waals surface area contributed by atoms with Gasteiger partial charge in [-0.15, -0.1) is 0 Å². The molecule has 102 valence electrons. The van der Waals surface area contributed by atoms with Crippen LogP contribution >= 0.6 is 11.8 Å². The Kier molecular flexibility index (Phi) is 4.73. The first-order valence-corrected chi connectivity index (χ1v) is 6.61. The van der Waals surface area contributed by atoms with Crippen LogP contribution in [0.1, 0.15) is 10.4 Å². The van der Waals surface area contributed by atoms with Crippen molar-refractivity contribution in [1.82, 2.24) is 4.98 Å². The molecule has 0 bridgehead atoms. The first-order valence-electron chi connectivity index (χ1n) is 5.79. The molecule has 1 aromatic carbocycles. The summed E-state index contributed by atoms with van der Waals surface area (Å²) in [6, 6.07) is 12.5. The number of nitrogens with zero attached hydrogens (tertiary/aromatic N) is 1. The van der Waals surface area contributed by atoms with Crippen LogP contribution < -0.4 is 5.73 Å². The van der Waals surface area contributed by atoms with Gasteiger partial charge in [0.05, 0.1) is 5.56 Å². The van der Waals surface area contributed by atoms with Crippen molar-refractivity contribution in [2.75, 3.05) is 6.61 Å². The molecule has 6 heteroatoms. The lowest BCUT2D eigenvalue weighted by molar-refractivity contribution is -0.121. The topological polar surface area (TPSA) is 82.3 Å². The van der Waals surface area contributed by atoms with Crippen molar-refractivity contribution in [3.63, 3.8) is 0 Å². The first kappa shape index (κ1) is 14.1. The summed E-state index contributed by atoms with van der Waals surface area (Å²) in [5, 5.41) is 0.872. The van der Waals surface area contributed by atoms with Crippen LogP contribution in [0.5, 0.6) is 0 Å². The summed E-state index contributed by atoms with van der Waals surface area (Å²) in [6.07, 6.45) is 1.72. The largest absolute Gasteiger partial charge is 0.452 e. The standard InChI is InChI=1S/C14H12N2O3S/c15-12(17)9-19-14(18)10-4-6-11(7-5-10)20-13-3-1-2-8-16-13/h1-8H,9H2,(H2,15,17). The van der Waals surface area contributed by atoms with Crippen molar-refractivity contribution in [3.05, 3.63) is 54.2 Å². The molecule has 2 rings (SSSR count). The van der Waals surface area contributed by atoms with Gasteiger partial charge in [0.1, 0.15) is 5.03 Å².